The Labute approximate surface area is 142 Å². The van der Waals surface area contributed by atoms with Crippen LogP contribution in [0.15, 0.2) is 29.3 Å². The Morgan fingerprint density at radius 1 is 1.33 bits per heavy atom. The molecule has 24 heavy (non-hydrogen) atoms. The third-order valence-corrected chi connectivity index (χ3v) is 3.81. The third-order valence-electron chi connectivity index (χ3n) is 3.81. The molecule has 1 aliphatic heterocycles. The molecular weight excluding hydrogens is 308 g/mol. The first kappa shape index (κ1) is 18.1. The van der Waals surface area contributed by atoms with E-state index in [1.807, 2.05) is 6.92 Å². The number of amides is 1. The number of hydrogen-bond donors (Lipinski definition) is 4. The molecule has 0 aromatic heterocycles. The molecule has 2 rings (SSSR count). The number of nitrogens with one attached hydrogen (secondary N) is 3. The van der Waals surface area contributed by atoms with Crippen LogP contribution in [-0.4, -0.2) is 48.8 Å². The molecule has 1 heterocycles. The maximum atomic E-state index is 12.0. The molecule has 1 aromatic rings. The molecule has 1 amide bonds. The zero-order valence-corrected chi connectivity index (χ0v) is 14.3. The summed E-state index contributed by atoms with van der Waals surface area (Å²) in [6.07, 6.45) is 2.08. The fourth-order valence-corrected chi connectivity index (χ4v) is 2.48. The maximum Gasteiger partial charge on any atom is 0.246 e. The first-order chi connectivity index (χ1) is 11.5. The summed E-state index contributed by atoms with van der Waals surface area (Å²) in [7, 11) is 0. The van der Waals surface area contributed by atoms with Crippen molar-refractivity contribution in [2.75, 3.05) is 31.6 Å². The monoisotopic (exact) mass is 334 g/mol. The molecule has 1 atom stereocenters. The summed E-state index contributed by atoms with van der Waals surface area (Å²) in [6, 6.07) is 6.32. The summed E-state index contributed by atoms with van der Waals surface area (Å²) in [4.78, 5) is 16.3. The number of ether oxygens (including phenoxy) is 1. The summed E-state index contributed by atoms with van der Waals surface area (Å²) < 4.78 is 5.74. The molecule has 1 fully saturated rings. The van der Waals surface area contributed by atoms with E-state index in [1.165, 1.54) is 12.1 Å². The topological polar surface area (TPSA) is 95.0 Å². The number of benzene rings is 1. The Kier molecular flexibility index (Phi) is 6.43. The highest BCUT2D eigenvalue weighted by Gasteiger charge is 2.29. The maximum absolute atomic E-state index is 12.0. The van der Waals surface area contributed by atoms with E-state index in [2.05, 4.69) is 27.9 Å². The molecule has 1 aliphatic rings. The molecule has 4 N–H and O–H groups in total. The number of aromatic hydroxyl groups is 1. The van der Waals surface area contributed by atoms with E-state index in [-0.39, 0.29) is 23.8 Å². The van der Waals surface area contributed by atoms with Gasteiger partial charge in [-0.3, -0.25) is 4.79 Å². The minimum Gasteiger partial charge on any atom is -0.508 e. The number of phenolic OH excluding ortho intramolecular Hbond substituents is 1. The van der Waals surface area contributed by atoms with Gasteiger partial charge in [0.1, 0.15) is 12.3 Å². The lowest BCUT2D eigenvalue weighted by molar-refractivity contribution is -0.114. The van der Waals surface area contributed by atoms with Crippen LogP contribution in [0.1, 0.15) is 26.7 Å². The molecule has 7 heteroatoms. The van der Waals surface area contributed by atoms with Gasteiger partial charge in [0, 0.05) is 25.4 Å². The summed E-state index contributed by atoms with van der Waals surface area (Å²) >= 11 is 0. The highest BCUT2D eigenvalue weighted by Crippen LogP contribution is 2.23. The lowest BCUT2D eigenvalue weighted by Gasteiger charge is -2.24. The quantitative estimate of drug-likeness (QED) is 0.359. The molecule has 0 saturated carbocycles. The molecule has 7 nitrogen and oxygen atoms in total. The van der Waals surface area contributed by atoms with Crippen molar-refractivity contribution >= 4 is 17.6 Å². The van der Waals surface area contributed by atoms with Crippen molar-refractivity contribution in [2.24, 2.45) is 4.99 Å². The molecule has 1 unspecified atom stereocenters. The Bertz CT molecular complexity index is 566. The molecule has 0 spiro atoms. The van der Waals surface area contributed by atoms with Crippen LogP contribution in [0.3, 0.4) is 0 Å². The normalized spacial score (nSPS) is 20.7. The summed E-state index contributed by atoms with van der Waals surface area (Å²) in [6.45, 7) is 6.21. The molecule has 0 radical (unpaired) electrons. The predicted molar refractivity (Wildman–Crippen MR) is 94.3 cm³/mol. The van der Waals surface area contributed by atoms with Gasteiger partial charge >= 0.3 is 0 Å². The summed E-state index contributed by atoms with van der Waals surface area (Å²) in [5.74, 6) is 0.531. The van der Waals surface area contributed by atoms with E-state index in [0.717, 1.165) is 19.4 Å². The van der Waals surface area contributed by atoms with Crippen LogP contribution in [-0.2, 0) is 9.53 Å². The Morgan fingerprint density at radius 2 is 2.08 bits per heavy atom. The van der Waals surface area contributed by atoms with Crippen LogP contribution >= 0.6 is 0 Å². The lowest BCUT2D eigenvalue weighted by Crippen LogP contribution is -2.45. The van der Waals surface area contributed by atoms with Crippen molar-refractivity contribution in [3.8, 4) is 5.75 Å². The van der Waals surface area contributed by atoms with Crippen LogP contribution in [0, 0.1) is 0 Å². The second-order valence-corrected chi connectivity index (χ2v) is 6.05. The molecule has 1 saturated heterocycles. The minimum absolute atomic E-state index is 0.00772. The Hall–Kier alpha value is -2.28. The van der Waals surface area contributed by atoms with Crippen molar-refractivity contribution in [2.45, 2.75) is 32.3 Å². The first-order valence-corrected chi connectivity index (χ1v) is 8.26. The van der Waals surface area contributed by atoms with Gasteiger partial charge in [-0.2, -0.15) is 0 Å². The number of phenols is 1. The van der Waals surface area contributed by atoms with E-state index < -0.39 is 0 Å². The van der Waals surface area contributed by atoms with Crippen molar-refractivity contribution in [3.05, 3.63) is 24.3 Å². The van der Waals surface area contributed by atoms with Crippen molar-refractivity contribution in [1.29, 1.82) is 0 Å². The van der Waals surface area contributed by atoms with Crippen LogP contribution < -0.4 is 16.0 Å². The standard InChI is InChI=1S/C17H26N4O3/c1-3-18-16(20-12-17(2)9-4-10-24-17)19-11-15(23)21-13-5-7-14(22)8-6-13/h5-8,22H,3-4,9-12H2,1-2H3,(H,21,23)(H2,18,19,20). The van der Waals surface area contributed by atoms with Crippen LogP contribution in [0.25, 0.3) is 0 Å². The predicted octanol–water partition coefficient (Wildman–Crippen LogP) is 1.45. The van der Waals surface area contributed by atoms with Crippen LogP contribution in [0.2, 0.25) is 0 Å². The van der Waals surface area contributed by atoms with E-state index in [0.29, 0.717) is 24.7 Å². The van der Waals surface area contributed by atoms with Gasteiger partial charge in [0.2, 0.25) is 5.91 Å². The SMILES string of the molecule is CCNC(=NCC(=O)Nc1ccc(O)cc1)NCC1(C)CCCO1. The first-order valence-electron chi connectivity index (χ1n) is 8.26. The number of nitrogens with zero attached hydrogens (tertiary/aromatic N) is 1. The lowest BCUT2D eigenvalue weighted by atomic mass is 10.0. The average molecular weight is 334 g/mol. The van der Waals surface area contributed by atoms with Crippen LogP contribution in [0.4, 0.5) is 5.69 Å². The van der Waals surface area contributed by atoms with E-state index in [9.17, 15) is 9.90 Å². The Morgan fingerprint density at radius 3 is 2.71 bits per heavy atom. The Balaban J connectivity index is 1.84. The zero-order valence-electron chi connectivity index (χ0n) is 14.3. The number of carbonyl (C=O) groups excluding carboxylic acids is 1. The fraction of sp³-hybridized carbons (Fsp3) is 0.529. The second-order valence-electron chi connectivity index (χ2n) is 6.05. The highest BCUT2D eigenvalue weighted by atomic mass is 16.5. The van der Waals surface area contributed by atoms with Crippen LogP contribution in [0.5, 0.6) is 5.75 Å². The largest absolute Gasteiger partial charge is 0.508 e. The number of anilines is 1. The molecular formula is C17H26N4O3. The van der Waals surface area contributed by atoms with Gasteiger partial charge in [0.15, 0.2) is 5.96 Å². The zero-order chi connectivity index (χ0) is 17.4. The van der Waals surface area contributed by atoms with E-state index in [1.54, 1.807) is 12.1 Å². The van der Waals surface area contributed by atoms with E-state index >= 15 is 0 Å². The molecule has 132 valence electrons. The van der Waals surface area contributed by atoms with Crippen molar-refractivity contribution in [3.63, 3.8) is 0 Å². The van der Waals surface area contributed by atoms with Crippen molar-refractivity contribution < 1.29 is 14.6 Å². The smallest absolute Gasteiger partial charge is 0.246 e. The summed E-state index contributed by atoms with van der Waals surface area (Å²) in [5.41, 5.74) is 0.447. The minimum atomic E-state index is -0.221. The number of aliphatic imine (C=N–C) groups is 1. The number of hydrogen-bond acceptors (Lipinski definition) is 4. The van der Waals surface area contributed by atoms with Gasteiger partial charge in [-0.1, -0.05) is 0 Å². The number of rotatable bonds is 6. The molecule has 0 bridgehead atoms. The van der Waals surface area contributed by atoms with Gasteiger partial charge in [0.05, 0.1) is 5.60 Å². The van der Waals surface area contributed by atoms with E-state index in [4.69, 9.17) is 4.74 Å². The number of guanidine groups is 1. The fourth-order valence-electron chi connectivity index (χ4n) is 2.48. The average Bonchev–Trinajstić information content (AvgIpc) is 2.99. The highest BCUT2D eigenvalue weighted by molar-refractivity contribution is 5.94. The van der Waals surface area contributed by atoms with Gasteiger partial charge in [-0.15, -0.1) is 0 Å². The second kappa shape index (κ2) is 8.54. The molecule has 1 aromatic carbocycles. The third kappa shape index (κ3) is 5.73. The summed E-state index contributed by atoms with van der Waals surface area (Å²) in [5, 5.41) is 18.3. The van der Waals surface area contributed by atoms with Gasteiger partial charge in [-0.05, 0) is 51.0 Å². The van der Waals surface area contributed by atoms with Crippen molar-refractivity contribution in [1.82, 2.24) is 10.6 Å². The van der Waals surface area contributed by atoms with Gasteiger partial charge < -0.3 is 25.8 Å². The number of carbonyl (C=O) groups is 1. The van der Waals surface area contributed by atoms with Gasteiger partial charge in [-0.25, -0.2) is 4.99 Å². The van der Waals surface area contributed by atoms with Gasteiger partial charge in [0.25, 0.3) is 0 Å². The molecule has 0 aliphatic carbocycles.